The van der Waals surface area contributed by atoms with Gasteiger partial charge >= 0.3 is 21.1 Å². The van der Waals surface area contributed by atoms with Crippen LogP contribution in [0.1, 0.15) is 25.0 Å². The molecule has 1 aromatic carbocycles. The summed E-state index contributed by atoms with van der Waals surface area (Å²) in [6.07, 6.45) is 0.891. The zero-order valence-electron chi connectivity index (χ0n) is 9.12. The van der Waals surface area contributed by atoms with E-state index in [2.05, 4.69) is 44.9 Å². The van der Waals surface area contributed by atoms with Crippen LogP contribution in [0.2, 0.25) is 0 Å². The van der Waals surface area contributed by atoms with Gasteiger partial charge in [-0.1, -0.05) is 49.2 Å². The molecule has 0 amide bonds. The van der Waals surface area contributed by atoms with Crippen LogP contribution >= 0.6 is 0 Å². The quantitative estimate of drug-likeness (QED) is 0.554. The number of carbonyl (C=O) groups excluding carboxylic acids is 1. The number of aryl methyl sites for hydroxylation is 1. The maximum atomic E-state index is 7.75. The third-order valence-electron chi connectivity index (χ3n) is 1.37. The van der Waals surface area contributed by atoms with Gasteiger partial charge in [0.05, 0.1) is 0 Å². The first-order valence-corrected chi connectivity index (χ1v) is 4.41. The molecule has 0 heterocycles. The van der Waals surface area contributed by atoms with Crippen molar-refractivity contribution in [3.63, 3.8) is 0 Å². The SMILES string of the molecule is CC.[CH-]=O.[CH2-]Cc1cccc(C)c1.[W+2]. The Labute approximate surface area is 102 Å². The van der Waals surface area contributed by atoms with Crippen molar-refractivity contribution in [2.45, 2.75) is 27.2 Å². The van der Waals surface area contributed by atoms with Crippen molar-refractivity contribution in [2.75, 3.05) is 0 Å². The Morgan fingerprint density at radius 1 is 1.29 bits per heavy atom. The van der Waals surface area contributed by atoms with E-state index in [1.807, 2.05) is 13.8 Å². The minimum atomic E-state index is 0. The van der Waals surface area contributed by atoms with Gasteiger partial charge < -0.3 is 11.7 Å². The second kappa shape index (κ2) is 15.1. The van der Waals surface area contributed by atoms with Gasteiger partial charge in [-0.3, -0.25) is 6.79 Å². The molecule has 14 heavy (non-hydrogen) atoms. The summed E-state index contributed by atoms with van der Waals surface area (Å²) in [5.74, 6) is 0. The average molecular weight is 362 g/mol. The Hall–Kier alpha value is -0.422. The van der Waals surface area contributed by atoms with Crippen molar-refractivity contribution in [3.8, 4) is 0 Å². The van der Waals surface area contributed by atoms with Crippen LogP contribution in [0.5, 0.6) is 0 Å². The van der Waals surface area contributed by atoms with Gasteiger partial charge in [-0.05, 0) is 6.92 Å². The fourth-order valence-electron chi connectivity index (χ4n) is 0.868. The Morgan fingerprint density at radius 3 is 2.07 bits per heavy atom. The van der Waals surface area contributed by atoms with E-state index in [1.54, 1.807) is 0 Å². The standard InChI is InChI=1S/C9H11.C2H6.CHO.W/c1-3-9-6-4-5-8(2)7-9;2*1-2;/h4-7H,1,3H2,2H3;1-2H3;1H;/q-1;;-1;+2. The zero-order chi connectivity index (χ0) is 10.7. The van der Waals surface area contributed by atoms with E-state index in [0.29, 0.717) is 0 Å². The smallest absolute Gasteiger partial charge is 0.545 e. The summed E-state index contributed by atoms with van der Waals surface area (Å²) in [7, 11) is 0. The topological polar surface area (TPSA) is 17.1 Å². The Morgan fingerprint density at radius 2 is 1.79 bits per heavy atom. The van der Waals surface area contributed by atoms with Crippen LogP contribution in [-0.2, 0) is 32.3 Å². The molecule has 0 radical (unpaired) electrons. The number of hydrogen-bond donors (Lipinski definition) is 0. The van der Waals surface area contributed by atoms with Gasteiger partial charge in [0.15, 0.2) is 0 Å². The molecule has 1 rings (SSSR count). The van der Waals surface area contributed by atoms with E-state index >= 15 is 0 Å². The van der Waals surface area contributed by atoms with Crippen molar-refractivity contribution in [2.24, 2.45) is 0 Å². The molecule has 0 unspecified atom stereocenters. The van der Waals surface area contributed by atoms with Gasteiger partial charge in [0, 0.05) is 0 Å². The van der Waals surface area contributed by atoms with Crippen molar-refractivity contribution in [1.82, 2.24) is 0 Å². The fraction of sp³-hybridized carbons (Fsp3) is 0.333. The number of hydrogen-bond acceptors (Lipinski definition) is 1. The molecule has 0 N–H and O–H groups in total. The molecule has 78 valence electrons. The summed E-state index contributed by atoms with van der Waals surface area (Å²) < 4.78 is 0. The summed E-state index contributed by atoms with van der Waals surface area (Å²) in [5.41, 5.74) is 2.63. The molecule has 0 aromatic heterocycles. The number of rotatable bonds is 1. The van der Waals surface area contributed by atoms with Gasteiger partial charge in [-0.15, -0.1) is 0 Å². The van der Waals surface area contributed by atoms with E-state index < -0.39 is 0 Å². The average Bonchev–Trinajstić information content (AvgIpc) is 2.24. The molecule has 1 nitrogen and oxygen atoms in total. The van der Waals surface area contributed by atoms with E-state index in [-0.39, 0.29) is 21.1 Å². The first-order chi connectivity index (χ1) is 6.33. The summed E-state index contributed by atoms with van der Waals surface area (Å²) in [4.78, 5) is 7.75. The molecule has 2 heteroatoms. The predicted octanol–water partition coefficient (Wildman–Crippen LogP) is 3.12. The molecule has 0 fully saturated rings. The van der Waals surface area contributed by atoms with Gasteiger partial charge in [0.1, 0.15) is 0 Å². The van der Waals surface area contributed by atoms with Crippen LogP contribution in [0.15, 0.2) is 24.3 Å². The largest absolute Gasteiger partial charge is 2.00 e. The molecule has 0 aliphatic heterocycles. The van der Waals surface area contributed by atoms with Gasteiger partial charge in [0.25, 0.3) is 0 Å². The van der Waals surface area contributed by atoms with Gasteiger partial charge in [0.2, 0.25) is 0 Å². The molecule has 0 aliphatic carbocycles. The fourth-order valence-corrected chi connectivity index (χ4v) is 0.868. The molecule has 0 atom stereocenters. The maximum Gasteiger partial charge on any atom is 2.00 e. The van der Waals surface area contributed by atoms with Crippen LogP contribution in [-0.4, -0.2) is 6.79 Å². The molecule has 0 saturated heterocycles. The molecule has 0 aliphatic rings. The van der Waals surface area contributed by atoms with Crippen molar-refractivity contribution >= 4 is 6.79 Å². The minimum Gasteiger partial charge on any atom is -0.545 e. The maximum absolute atomic E-state index is 7.75. The molecular formula is C12H18OW. The molecule has 1 aromatic rings. The van der Waals surface area contributed by atoms with Crippen LogP contribution < -0.4 is 0 Å². The Kier molecular flexibility index (Phi) is 20.7. The minimum absolute atomic E-state index is 0. The summed E-state index contributed by atoms with van der Waals surface area (Å²) >= 11 is 0. The number of benzene rings is 1. The second-order valence-corrected chi connectivity index (χ2v) is 2.24. The van der Waals surface area contributed by atoms with E-state index in [1.165, 1.54) is 11.1 Å². The van der Waals surface area contributed by atoms with Crippen LogP contribution in [0, 0.1) is 13.8 Å². The molecule has 0 bridgehead atoms. The first-order valence-electron chi connectivity index (χ1n) is 4.41. The Bertz CT molecular complexity index is 211. The summed E-state index contributed by atoms with van der Waals surface area (Å²) in [6.45, 7) is 13.1. The van der Waals surface area contributed by atoms with Crippen molar-refractivity contribution in [3.05, 3.63) is 42.3 Å². The monoisotopic (exact) mass is 362 g/mol. The van der Waals surface area contributed by atoms with Gasteiger partial charge in [-0.25, -0.2) is 0 Å². The Balaban J connectivity index is -0.000000216. The van der Waals surface area contributed by atoms with Crippen molar-refractivity contribution in [1.29, 1.82) is 0 Å². The van der Waals surface area contributed by atoms with Crippen LogP contribution in [0.3, 0.4) is 0 Å². The third-order valence-corrected chi connectivity index (χ3v) is 1.37. The van der Waals surface area contributed by atoms with E-state index in [4.69, 9.17) is 4.79 Å². The van der Waals surface area contributed by atoms with Crippen LogP contribution in [0.4, 0.5) is 0 Å². The summed E-state index contributed by atoms with van der Waals surface area (Å²) in [5, 5.41) is 0. The zero-order valence-corrected chi connectivity index (χ0v) is 12.1. The van der Waals surface area contributed by atoms with Crippen LogP contribution in [0.25, 0.3) is 0 Å². The predicted molar refractivity (Wildman–Crippen MR) is 58.3 cm³/mol. The summed E-state index contributed by atoms with van der Waals surface area (Å²) in [6, 6.07) is 8.42. The van der Waals surface area contributed by atoms with Gasteiger partial charge in [-0.2, -0.15) is 6.42 Å². The van der Waals surface area contributed by atoms with Crippen molar-refractivity contribution < 1.29 is 25.9 Å². The molecule has 0 spiro atoms. The molecule has 0 saturated carbocycles. The first kappa shape index (κ1) is 19.2. The molecular weight excluding hydrogens is 344 g/mol. The van der Waals surface area contributed by atoms with E-state index in [0.717, 1.165) is 6.42 Å². The normalized spacial score (nSPS) is 6.86. The van der Waals surface area contributed by atoms with E-state index in [9.17, 15) is 0 Å². The second-order valence-electron chi connectivity index (χ2n) is 2.24. The third kappa shape index (κ3) is 9.66.